The molecule has 12 heavy (non-hydrogen) atoms. The summed E-state index contributed by atoms with van der Waals surface area (Å²) in [6, 6.07) is 7.48. The third-order valence-corrected chi connectivity index (χ3v) is 2.25. The van der Waals surface area contributed by atoms with Crippen LogP contribution in [0.3, 0.4) is 0 Å². The third kappa shape index (κ3) is 1.23. The van der Waals surface area contributed by atoms with E-state index in [0.717, 1.165) is 13.1 Å². The van der Waals surface area contributed by atoms with Crippen molar-refractivity contribution in [2.45, 2.75) is 5.92 Å². The van der Waals surface area contributed by atoms with Gasteiger partial charge in [-0.2, -0.15) is 0 Å². The Bertz CT molecular complexity index is 277. The number of nitrogens with zero attached hydrogens (tertiary/aromatic N) is 1. The molecular formula is C9H10N2O. The molecule has 0 radical (unpaired) electrons. The van der Waals surface area contributed by atoms with Crippen LogP contribution in [0.4, 0.5) is 5.69 Å². The Labute approximate surface area is 70.8 Å². The topological polar surface area (TPSA) is 41.5 Å². The Morgan fingerprint density at radius 1 is 1.25 bits per heavy atom. The van der Waals surface area contributed by atoms with Crippen molar-refractivity contribution in [3.8, 4) is 0 Å². The van der Waals surface area contributed by atoms with Crippen molar-refractivity contribution >= 4 is 5.69 Å². The molecule has 1 saturated heterocycles. The highest BCUT2D eigenvalue weighted by molar-refractivity contribution is 5.40. The summed E-state index contributed by atoms with van der Waals surface area (Å²) in [5.74, 6) is 0.630. The summed E-state index contributed by atoms with van der Waals surface area (Å²) in [7, 11) is 0. The Kier molecular flexibility index (Phi) is 1.87. The molecule has 0 aliphatic carbocycles. The van der Waals surface area contributed by atoms with Crippen LogP contribution in [0, 0.1) is 4.91 Å². The lowest BCUT2D eigenvalue weighted by atomic mass is 9.94. The zero-order valence-corrected chi connectivity index (χ0v) is 6.66. The van der Waals surface area contributed by atoms with Crippen molar-refractivity contribution in [2.24, 2.45) is 5.18 Å². The van der Waals surface area contributed by atoms with E-state index in [1.807, 2.05) is 12.1 Å². The van der Waals surface area contributed by atoms with E-state index in [1.54, 1.807) is 12.1 Å². The monoisotopic (exact) mass is 162 g/mol. The van der Waals surface area contributed by atoms with Crippen molar-refractivity contribution in [1.29, 1.82) is 0 Å². The molecule has 0 unspecified atom stereocenters. The molecular weight excluding hydrogens is 152 g/mol. The average Bonchev–Trinajstić information content (AvgIpc) is 2.03. The minimum absolute atomic E-state index is 0.506. The van der Waals surface area contributed by atoms with E-state index in [1.165, 1.54) is 5.56 Å². The van der Waals surface area contributed by atoms with Gasteiger partial charge in [0.05, 0.1) is 0 Å². The first kappa shape index (κ1) is 7.43. The molecule has 0 aromatic heterocycles. The van der Waals surface area contributed by atoms with Gasteiger partial charge in [-0.05, 0) is 22.9 Å². The molecule has 0 atom stereocenters. The maximum atomic E-state index is 10.1. The molecule has 3 heteroatoms. The first-order chi connectivity index (χ1) is 5.90. The highest BCUT2D eigenvalue weighted by Crippen LogP contribution is 2.22. The van der Waals surface area contributed by atoms with E-state index < -0.39 is 0 Å². The molecule has 0 amide bonds. The van der Waals surface area contributed by atoms with Crippen LogP contribution in [0.25, 0.3) is 0 Å². The molecule has 62 valence electrons. The smallest absolute Gasteiger partial charge is 0.108 e. The predicted molar refractivity (Wildman–Crippen MR) is 47.5 cm³/mol. The fourth-order valence-electron chi connectivity index (χ4n) is 1.33. The van der Waals surface area contributed by atoms with Crippen LogP contribution in [-0.2, 0) is 0 Å². The maximum Gasteiger partial charge on any atom is 0.108 e. The van der Waals surface area contributed by atoms with Crippen LogP contribution in [0.2, 0.25) is 0 Å². The number of nitroso groups, excluding NO2 is 1. The van der Waals surface area contributed by atoms with Crippen LogP contribution >= 0.6 is 0 Å². The molecule has 1 aliphatic heterocycles. The fourth-order valence-corrected chi connectivity index (χ4v) is 1.33. The normalized spacial score (nSPS) is 17.0. The lowest BCUT2D eigenvalue weighted by Gasteiger charge is -2.27. The summed E-state index contributed by atoms with van der Waals surface area (Å²) in [6.45, 7) is 2.10. The van der Waals surface area contributed by atoms with Crippen molar-refractivity contribution in [3.63, 3.8) is 0 Å². The van der Waals surface area contributed by atoms with Crippen LogP contribution in [0.1, 0.15) is 11.5 Å². The van der Waals surface area contributed by atoms with Gasteiger partial charge in [0.15, 0.2) is 0 Å². The fraction of sp³-hybridized carbons (Fsp3) is 0.333. The molecule has 1 heterocycles. The summed E-state index contributed by atoms with van der Waals surface area (Å²) in [5, 5.41) is 6.05. The van der Waals surface area contributed by atoms with Gasteiger partial charge in [0, 0.05) is 19.0 Å². The van der Waals surface area contributed by atoms with Crippen LogP contribution in [0.5, 0.6) is 0 Å². The van der Waals surface area contributed by atoms with E-state index in [-0.39, 0.29) is 0 Å². The van der Waals surface area contributed by atoms with Gasteiger partial charge < -0.3 is 5.32 Å². The number of nitrogens with one attached hydrogen (secondary N) is 1. The molecule has 1 N–H and O–H groups in total. The van der Waals surface area contributed by atoms with E-state index in [9.17, 15) is 4.91 Å². The van der Waals surface area contributed by atoms with Gasteiger partial charge in [-0.1, -0.05) is 12.1 Å². The molecule has 1 aromatic carbocycles. The Hall–Kier alpha value is -1.22. The summed E-state index contributed by atoms with van der Waals surface area (Å²) in [6.07, 6.45) is 0. The van der Waals surface area contributed by atoms with E-state index in [4.69, 9.17) is 0 Å². The van der Waals surface area contributed by atoms with Gasteiger partial charge in [-0.25, -0.2) is 0 Å². The second-order valence-corrected chi connectivity index (χ2v) is 3.04. The Morgan fingerprint density at radius 2 is 1.92 bits per heavy atom. The summed E-state index contributed by atoms with van der Waals surface area (Å²) in [4.78, 5) is 10.1. The van der Waals surface area contributed by atoms with Crippen molar-refractivity contribution in [1.82, 2.24) is 5.32 Å². The minimum atomic E-state index is 0.506. The molecule has 2 rings (SSSR count). The lowest BCUT2D eigenvalue weighted by molar-refractivity contribution is 0.448. The van der Waals surface area contributed by atoms with E-state index >= 15 is 0 Å². The number of hydrogen-bond donors (Lipinski definition) is 1. The highest BCUT2D eigenvalue weighted by Gasteiger charge is 2.18. The summed E-state index contributed by atoms with van der Waals surface area (Å²) >= 11 is 0. The van der Waals surface area contributed by atoms with Gasteiger partial charge >= 0.3 is 0 Å². The van der Waals surface area contributed by atoms with Gasteiger partial charge in [-0.3, -0.25) is 0 Å². The Morgan fingerprint density at radius 3 is 2.33 bits per heavy atom. The third-order valence-electron chi connectivity index (χ3n) is 2.25. The number of hydrogen-bond acceptors (Lipinski definition) is 3. The van der Waals surface area contributed by atoms with Crippen molar-refractivity contribution in [2.75, 3.05) is 13.1 Å². The predicted octanol–water partition coefficient (Wildman–Crippen LogP) is 1.77. The molecule has 1 aromatic rings. The molecule has 0 spiro atoms. The maximum absolute atomic E-state index is 10.1. The first-order valence-electron chi connectivity index (χ1n) is 4.04. The molecule has 0 bridgehead atoms. The van der Waals surface area contributed by atoms with Crippen molar-refractivity contribution < 1.29 is 0 Å². The van der Waals surface area contributed by atoms with Crippen molar-refractivity contribution in [3.05, 3.63) is 34.7 Å². The highest BCUT2D eigenvalue weighted by atomic mass is 16.3. The van der Waals surface area contributed by atoms with E-state index in [0.29, 0.717) is 11.6 Å². The molecule has 1 fully saturated rings. The summed E-state index contributed by atoms with van der Waals surface area (Å²) < 4.78 is 0. The zero-order chi connectivity index (χ0) is 8.39. The largest absolute Gasteiger partial charge is 0.315 e. The Balaban J connectivity index is 2.18. The zero-order valence-electron chi connectivity index (χ0n) is 6.66. The molecule has 3 nitrogen and oxygen atoms in total. The standard InChI is InChI=1S/C9H10N2O/c12-11-9-3-1-7(2-4-9)8-5-10-6-8/h1-4,8,10H,5-6H2. The minimum Gasteiger partial charge on any atom is -0.315 e. The van der Waals surface area contributed by atoms with Gasteiger partial charge in [-0.15, -0.1) is 4.91 Å². The average molecular weight is 162 g/mol. The lowest BCUT2D eigenvalue weighted by Crippen LogP contribution is -2.39. The molecule has 0 saturated carbocycles. The quantitative estimate of drug-likeness (QED) is 0.673. The number of rotatable bonds is 2. The van der Waals surface area contributed by atoms with Gasteiger partial charge in [0.25, 0.3) is 0 Å². The van der Waals surface area contributed by atoms with Crippen LogP contribution in [0.15, 0.2) is 29.4 Å². The van der Waals surface area contributed by atoms with Crippen LogP contribution < -0.4 is 5.32 Å². The summed E-state index contributed by atoms with van der Waals surface area (Å²) in [5.41, 5.74) is 1.80. The molecule has 1 aliphatic rings. The SMILES string of the molecule is O=Nc1ccc(C2CNC2)cc1. The van der Waals surface area contributed by atoms with Crippen LogP contribution in [-0.4, -0.2) is 13.1 Å². The first-order valence-corrected chi connectivity index (χ1v) is 4.04. The second kappa shape index (κ2) is 3.03. The second-order valence-electron chi connectivity index (χ2n) is 3.04. The number of benzene rings is 1. The van der Waals surface area contributed by atoms with E-state index in [2.05, 4.69) is 10.5 Å². The van der Waals surface area contributed by atoms with Gasteiger partial charge in [0.1, 0.15) is 5.69 Å². The van der Waals surface area contributed by atoms with Gasteiger partial charge in [0.2, 0.25) is 0 Å².